The summed E-state index contributed by atoms with van der Waals surface area (Å²) >= 11 is 0. The van der Waals surface area contributed by atoms with E-state index in [4.69, 9.17) is 0 Å². The second-order valence-electron chi connectivity index (χ2n) is 9.95. The number of nitrogens with one attached hydrogen (secondary N) is 3. The summed E-state index contributed by atoms with van der Waals surface area (Å²) < 4.78 is 1.72. The molecule has 0 bridgehead atoms. The molecule has 9 nitrogen and oxygen atoms in total. The van der Waals surface area contributed by atoms with Crippen LogP contribution in [0.1, 0.15) is 27.0 Å². The molecular formula is C29H28N6O3. The number of nitrogens with zero attached hydrogens (tertiary/aromatic N) is 3. The van der Waals surface area contributed by atoms with Crippen LogP contribution in [0.5, 0.6) is 0 Å². The highest BCUT2D eigenvalue weighted by Gasteiger charge is 2.24. The molecule has 1 amide bonds. The fourth-order valence-corrected chi connectivity index (χ4v) is 4.76. The van der Waals surface area contributed by atoms with Crippen molar-refractivity contribution in [3.05, 3.63) is 106 Å². The highest BCUT2D eigenvalue weighted by atomic mass is 16.3. The number of carbonyl (C=O) groups is 1. The number of fused-ring (bicyclic) bond motifs is 1. The average molecular weight is 509 g/mol. The highest BCUT2D eigenvalue weighted by molar-refractivity contribution is 6.04. The molecule has 0 unspecified atom stereocenters. The normalized spacial score (nSPS) is 14.1. The van der Waals surface area contributed by atoms with E-state index in [2.05, 4.69) is 31.3 Å². The number of likely N-dealkylation sites (tertiary alicyclic amines) is 1. The molecule has 1 aliphatic rings. The Kier molecular flexibility index (Phi) is 6.15. The Morgan fingerprint density at radius 1 is 1.08 bits per heavy atom. The minimum Gasteiger partial charge on any atom is -0.390 e. The van der Waals surface area contributed by atoms with E-state index in [1.54, 1.807) is 16.9 Å². The van der Waals surface area contributed by atoms with Gasteiger partial charge >= 0.3 is 0 Å². The fourth-order valence-electron chi connectivity index (χ4n) is 4.76. The van der Waals surface area contributed by atoms with E-state index in [-0.39, 0.29) is 17.6 Å². The summed E-state index contributed by atoms with van der Waals surface area (Å²) in [5, 5.41) is 17.7. The third kappa shape index (κ3) is 5.02. The Balaban J connectivity index is 1.17. The number of carbonyl (C=O) groups excluding carboxylic acids is 1. The second-order valence-corrected chi connectivity index (χ2v) is 9.95. The fraction of sp³-hybridized carbons (Fsp3) is 0.207. The van der Waals surface area contributed by atoms with E-state index in [9.17, 15) is 14.7 Å². The van der Waals surface area contributed by atoms with E-state index in [1.165, 1.54) is 18.0 Å². The van der Waals surface area contributed by atoms with Crippen molar-refractivity contribution in [2.75, 3.05) is 18.4 Å². The first-order chi connectivity index (χ1) is 18.4. The number of H-pyrrole nitrogens is 2. The summed E-state index contributed by atoms with van der Waals surface area (Å²) in [6.07, 6.45) is 4.50. The van der Waals surface area contributed by atoms with E-state index in [0.717, 1.165) is 28.6 Å². The van der Waals surface area contributed by atoms with Gasteiger partial charge < -0.3 is 20.4 Å². The maximum atomic E-state index is 12.9. The summed E-state index contributed by atoms with van der Waals surface area (Å²) in [5.41, 5.74) is 6.10. The van der Waals surface area contributed by atoms with Crippen LogP contribution in [0.4, 0.5) is 5.69 Å². The van der Waals surface area contributed by atoms with Crippen LogP contribution in [0.3, 0.4) is 0 Å². The number of anilines is 1. The summed E-state index contributed by atoms with van der Waals surface area (Å²) in [7, 11) is 0. The number of rotatable bonds is 7. The third-order valence-corrected chi connectivity index (χ3v) is 6.84. The molecular weight excluding hydrogens is 480 g/mol. The molecule has 4 heterocycles. The first-order valence-corrected chi connectivity index (χ1v) is 12.5. The number of aromatic nitrogens is 4. The minimum absolute atomic E-state index is 0.230. The zero-order valence-electron chi connectivity index (χ0n) is 20.9. The monoisotopic (exact) mass is 508 g/mol. The zero-order chi connectivity index (χ0) is 26.2. The zero-order valence-corrected chi connectivity index (χ0v) is 20.9. The number of hydrogen-bond acceptors (Lipinski definition) is 5. The standard InChI is InChI=1S/C29H28N6O3/c1-18-2-4-19(5-3-18)14-35-15-22(11-31-35)28(37)32-23-10-25(29(38)30-12-23)27-9-21-8-20(6-7-26(21)33-27)13-34-16-24(36)17-34/h2-12,15,24,33,36H,13-14,16-17H2,1H3,(H,30,38)(H,32,37). The molecule has 0 radical (unpaired) electrons. The molecule has 1 saturated heterocycles. The first kappa shape index (κ1) is 23.9. The largest absolute Gasteiger partial charge is 0.390 e. The van der Waals surface area contributed by atoms with Gasteiger partial charge in [0.2, 0.25) is 0 Å². The van der Waals surface area contributed by atoms with E-state index in [0.29, 0.717) is 42.1 Å². The Hall–Kier alpha value is -4.47. The Bertz CT molecular complexity index is 1670. The van der Waals surface area contributed by atoms with Gasteiger partial charge in [-0.05, 0) is 42.3 Å². The van der Waals surface area contributed by atoms with Gasteiger partial charge in [0.25, 0.3) is 11.5 Å². The number of hydrogen-bond donors (Lipinski definition) is 4. The van der Waals surface area contributed by atoms with E-state index in [1.807, 2.05) is 49.4 Å². The number of pyridine rings is 1. The van der Waals surface area contributed by atoms with Crippen LogP contribution in [-0.2, 0) is 13.1 Å². The molecule has 2 aromatic carbocycles. The molecule has 0 saturated carbocycles. The van der Waals surface area contributed by atoms with Gasteiger partial charge in [0.1, 0.15) is 0 Å². The summed E-state index contributed by atoms with van der Waals surface area (Å²) in [5.74, 6) is -0.310. The number of aliphatic hydroxyl groups is 1. The van der Waals surface area contributed by atoms with Gasteiger partial charge in [-0.2, -0.15) is 5.10 Å². The summed E-state index contributed by atoms with van der Waals surface area (Å²) in [6, 6.07) is 17.9. The number of aliphatic hydroxyl groups excluding tert-OH is 1. The Morgan fingerprint density at radius 3 is 2.66 bits per heavy atom. The molecule has 9 heteroatoms. The third-order valence-electron chi connectivity index (χ3n) is 6.84. The van der Waals surface area contributed by atoms with Crippen LogP contribution < -0.4 is 10.9 Å². The van der Waals surface area contributed by atoms with Crippen LogP contribution >= 0.6 is 0 Å². The van der Waals surface area contributed by atoms with Crippen molar-refractivity contribution >= 4 is 22.5 Å². The van der Waals surface area contributed by atoms with Crippen molar-refractivity contribution in [1.82, 2.24) is 24.6 Å². The van der Waals surface area contributed by atoms with Crippen LogP contribution in [-0.4, -0.2) is 54.9 Å². The number of β-amino-alcohol motifs (C(OH)–C–C–N with tert-alkyl or cyclic N) is 1. The van der Waals surface area contributed by atoms with Gasteiger partial charge in [-0.15, -0.1) is 0 Å². The van der Waals surface area contributed by atoms with Crippen LogP contribution in [0.15, 0.2) is 78.0 Å². The van der Waals surface area contributed by atoms with Crippen molar-refractivity contribution < 1.29 is 9.90 Å². The average Bonchev–Trinajstić information content (AvgIpc) is 3.52. The predicted octanol–water partition coefficient (Wildman–Crippen LogP) is 3.51. The molecule has 6 rings (SSSR count). The molecule has 0 spiro atoms. The lowest BCUT2D eigenvalue weighted by molar-refractivity contribution is -0.00284. The smallest absolute Gasteiger partial charge is 0.258 e. The number of benzene rings is 2. The molecule has 38 heavy (non-hydrogen) atoms. The molecule has 0 atom stereocenters. The van der Waals surface area contributed by atoms with Gasteiger partial charge in [-0.1, -0.05) is 35.9 Å². The Labute approximate surface area is 218 Å². The molecule has 192 valence electrons. The molecule has 0 aliphatic carbocycles. The maximum absolute atomic E-state index is 12.9. The van der Waals surface area contributed by atoms with Crippen molar-refractivity contribution in [3.63, 3.8) is 0 Å². The lowest BCUT2D eigenvalue weighted by Crippen LogP contribution is -2.49. The van der Waals surface area contributed by atoms with Crippen molar-refractivity contribution in [3.8, 4) is 11.3 Å². The lowest BCUT2D eigenvalue weighted by Gasteiger charge is -2.35. The predicted molar refractivity (Wildman–Crippen MR) is 146 cm³/mol. The van der Waals surface area contributed by atoms with Crippen molar-refractivity contribution in [2.24, 2.45) is 0 Å². The number of amides is 1. The molecule has 3 aromatic heterocycles. The van der Waals surface area contributed by atoms with Crippen LogP contribution in [0, 0.1) is 6.92 Å². The highest BCUT2D eigenvalue weighted by Crippen LogP contribution is 2.25. The molecule has 1 aliphatic heterocycles. The number of aromatic amines is 2. The molecule has 1 fully saturated rings. The quantitative estimate of drug-likeness (QED) is 0.268. The van der Waals surface area contributed by atoms with Crippen LogP contribution in [0.25, 0.3) is 22.2 Å². The minimum atomic E-state index is -0.310. The summed E-state index contributed by atoms with van der Waals surface area (Å²) in [4.78, 5) is 33.8. The van der Waals surface area contributed by atoms with Crippen LogP contribution in [0.2, 0.25) is 0 Å². The van der Waals surface area contributed by atoms with Gasteiger partial charge in [0, 0.05) is 42.9 Å². The second kappa shape index (κ2) is 9.77. The lowest BCUT2D eigenvalue weighted by atomic mass is 10.1. The Morgan fingerprint density at radius 2 is 1.87 bits per heavy atom. The van der Waals surface area contributed by atoms with Gasteiger partial charge in [0.05, 0.1) is 41.4 Å². The number of aryl methyl sites for hydroxylation is 1. The molecule has 5 aromatic rings. The van der Waals surface area contributed by atoms with Gasteiger partial charge in [-0.3, -0.25) is 19.2 Å². The van der Waals surface area contributed by atoms with Gasteiger partial charge in [0.15, 0.2) is 0 Å². The van der Waals surface area contributed by atoms with Gasteiger partial charge in [-0.25, -0.2) is 0 Å². The van der Waals surface area contributed by atoms with Crippen molar-refractivity contribution in [1.29, 1.82) is 0 Å². The van der Waals surface area contributed by atoms with E-state index >= 15 is 0 Å². The van der Waals surface area contributed by atoms with Crippen molar-refractivity contribution in [2.45, 2.75) is 26.1 Å². The maximum Gasteiger partial charge on any atom is 0.258 e. The molecule has 4 N–H and O–H groups in total. The topological polar surface area (TPSA) is 119 Å². The SMILES string of the molecule is Cc1ccc(Cn2cc(C(=O)Nc3c[nH]c(=O)c(-c4cc5cc(CN6CC(O)C6)ccc5[nH]4)c3)cn2)cc1. The van der Waals surface area contributed by atoms with E-state index < -0.39 is 0 Å². The first-order valence-electron chi connectivity index (χ1n) is 12.5. The summed E-state index contributed by atoms with van der Waals surface area (Å²) in [6.45, 7) is 4.77.